The third-order valence-electron chi connectivity index (χ3n) is 3.11. The van der Waals surface area contributed by atoms with E-state index in [4.69, 9.17) is 9.84 Å². The summed E-state index contributed by atoms with van der Waals surface area (Å²) in [5, 5.41) is 8.81. The zero-order valence-electron chi connectivity index (χ0n) is 10.4. The lowest BCUT2D eigenvalue weighted by molar-refractivity contribution is -0.151. The molecule has 1 fully saturated rings. The number of carboxylic acid groups (broad SMARTS) is 1. The highest BCUT2D eigenvalue weighted by Crippen LogP contribution is 2.23. The van der Waals surface area contributed by atoms with Crippen LogP contribution in [0.2, 0.25) is 0 Å². The van der Waals surface area contributed by atoms with Gasteiger partial charge in [-0.2, -0.15) is 0 Å². The van der Waals surface area contributed by atoms with Gasteiger partial charge in [0.25, 0.3) is 5.91 Å². The highest BCUT2D eigenvalue weighted by atomic mass is 19.1. The molecule has 0 radical (unpaired) electrons. The van der Waals surface area contributed by atoms with E-state index in [1.54, 1.807) is 7.05 Å². The minimum Gasteiger partial charge on any atom is -0.479 e. The molecule has 6 heteroatoms. The predicted octanol–water partition coefficient (Wildman–Crippen LogP) is 1.42. The van der Waals surface area contributed by atoms with Crippen molar-refractivity contribution in [2.24, 2.45) is 0 Å². The minimum absolute atomic E-state index is 0.322. The molecule has 1 aromatic carbocycles. The second kappa shape index (κ2) is 5.36. The fraction of sp³-hybridized carbons (Fsp3) is 0.385. The van der Waals surface area contributed by atoms with Gasteiger partial charge in [0, 0.05) is 12.7 Å². The zero-order chi connectivity index (χ0) is 14.0. The monoisotopic (exact) mass is 267 g/mol. The van der Waals surface area contributed by atoms with Crippen LogP contribution in [0, 0.1) is 5.82 Å². The molecule has 2 rings (SSSR count). The molecule has 0 spiro atoms. The van der Waals surface area contributed by atoms with Crippen molar-refractivity contribution in [3.05, 3.63) is 30.1 Å². The van der Waals surface area contributed by atoms with Crippen LogP contribution in [0.5, 0.6) is 0 Å². The van der Waals surface area contributed by atoms with Crippen molar-refractivity contribution in [3.63, 3.8) is 0 Å². The first-order chi connectivity index (χ1) is 8.99. The summed E-state index contributed by atoms with van der Waals surface area (Å²) in [7, 11) is 1.55. The Labute approximate surface area is 109 Å². The lowest BCUT2D eigenvalue weighted by Gasteiger charge is -2.21. The average molecular weight is 267 g/mol. The molecule has 0 aromatic heterocycles. The van der Waals surface area contributed by atoms with Crippen LogP contribution in [-0.4, -0.2) is 36.2 Å². The second-order valence-electron chi connectivity index (χ2n) is 4.40. The molecule has 0 bridgehead atoms. The molecule has 1 amide bonds. The summed E-state index contributed by atoms with van der Waals surface area (Å²) in [6.07, 6.45) is -0.976. The van der Waals surface area contributed by atoms with Crippen LogP contribution in [0.4, 0.5) is 10.1 Å². The van der Waals surface area contributed by atoms with Crippen LogP contribution >= 0.6 is 0 Å². The topological polar surface area (TPSA) is 66.8 Å². The summed E-state index contributed by atoms with van der Waals surface area (Å²) in [6, 6.07) is 5.48. The summed E-state index contributed by atoms with van der Waals surface area (Å²) < 4.78 is 18.0. The molecule has 2 atom stereocenters. The number of rotatable bonds is 3. The molecule has 19 heavy (non-hydrogen) atoms. The molecule has 5 nitrogen and oxygen atoms in total. The molecule has 1 aliphatic rings. The average Bonchev–Trinajstić information content (AvgIpc) is 2.87. The Balaban J connectivity index is 2.04. The van der Waals surface area contributed by atoms with E-state index >= 15 is 0 Å². The number of carboxylic acids is 1. The molecule has 102 valence electrons. The summed E-state index contributed by atoms with van der Waals surface area (Å²) in [4.78, 5) is 24.2. The first-order valence-corrected chi connectivity index (χ1v) is 5.90. The Kier molecular flexibility index (Phi) is 3.80. The van der Waals surface area contributed by atoms with Crippen molar-refractivity contribution in [3.8, 4) is 0 Å². The Bertz CT molecular complexity index is 488. The van der Waals surface area contributed by atoms with Gasteiger partial charge in [-0.3, -0.25) is 4.79 Å². The van der Waals surface area contributed by atoms with Gasteiger partial charge in [0.2, 0.25) is 0 Å². The number of carbonyl (C=O) groups is 2. The van der Waals surface area contributed by atoms with Crippen molar-refractivity contribution >= 4 is 17.6 Å². The Hall–Kier alpha value is -1.95. The number of aliphatic carboxylic acids is 1. The summed E-state index contributed by atoms with van der Waals surface area (Å²) >= 11 is 0. The van der Waals surface area contributed by atoms with Gasteiger partial charge in [0.1, 0.15) is 11.9 Å². The maximum absolute atomic E-state index is 12.8. The van der Waals surface area contributed by atoms with Crippen LogP contribution in [-0.2, 0) is 14.3 Å². The number of benzene rings is 1. The number of carbonyl (C=O) groups excluding carboxylic acids is 1. The molecule has 1 aliphatic heterocycles. The van der Waals surface area contributed by atoms with E-state index in [0.29, 0.717) is 18.5 Å². The molecule has 1 N–H and O–H groups in total. The summed E-state index contributed by atoms with van der Waals surface area (Å²) in [5.74, 6) is -1.76. The minimum atomic E-state index is -1.06. The van der Waals surface area contributed by atoms with Gasteiger partial charge in [-0.1, -0.05) is 0 Å². The Morgan fingerprint density at radius 3 is 2.37 bits per heavy atom. The summed E-state index contributed by atoms with van der Waals surface area (Å²) in [6.45, 7) is 0. The number of anilines is 1. The number of likely N-dealkylation sites (N-methyl/N-ethyl adjacent to an activating group) is 1. The quantitative estimate of drug-likeness (QED) is 0.899. The van der Waals surface area contributed by atoms with Crippen LogP contribution in [0.25, 0.3) is 0 Å². The first-order valence-electron chi connectivity index (χ1n) is 5.90. The number of amides is 1. The van der Waals surface area contributed by atoms with E-state index in [2.05, 4.69) is 0 Å². The number of hydrogen-bond acceptors (Lipinski definition) is 3. The van der Waals surface area contributed by atoms with Crippen molar-refractivity contribution in [1.29, 1.82) is 0 Å². The second-order valence-corrected chi connectivity index (χ2v) is 4.40. The highest BCUT2D eigenvalue weighted by molar-refractivity contribution is 5.96. The third-order valence-corrected chi connectivity index (χ3v) is 3.11. The normalized spacial score (nSPS) is 22.2. The van der Waals surface area contributed by atoms with Gasteiger partial charge in [0.15, 0.2) is 6.10 Å². The molecule has 1 heterocycles. The molecule has 1 saturated heterocycles. The van der Waals surface area contributed by atoms with Gasteiger partial charge >= 0.3 is 5.97 Å². The van der Waals surface area contributed by atoms with E-state index in [1.165, 1.54) is 29.2 Å². The van der Waals surface area contributed by atoms with Crippen molar-refractivity contribution in [1.82, 2.24) is 0 Å². The van der Waals surface area contributed by atoms with Gasteiger partial charge in [-0.25, -0.2) is 9.18 Å². The van der Waals surface area contributed by atoms with Gasteiger partial charge in [-0.15, -0.1) is 0 Å². The SMILES string of the molecule is CN(C(=O)[C@@H]1CC[C@H](C(=O)O)O1)c1ccc(F)cc1. The molecule has 1 aromatic rings. The third kappa shape index (κ3) is 2.90. The number of hydrogen-bond donors (Lipinski definition) is 1. The molecule has 0 saturated carbocycles. The van der Waals surface area contributed by atoms with Crippen molar-refractivity contribution in [2.45, 2.75) is 25.0 Å². The van der Waals surface area contributed by atoms with E-state index < -0.39 is 18.2 Å². The molecule has 0 unspecified atom stereocenters. The lowest BCUT2D eigenvalue weighted by Crippen LogP contribution is -2.37. The van der Waals surface area contributed by atoms with Crippen molar-refractivity contribution in [2.75, 3.05) is 11.9 Å². The number of halogens is 1. The van der Waals surface area contributed by atoms with E-state index in [0.717, 1.165) is 0 Å². The standard InChI is InChI=1S/C13H14FNO4/c1-15(9-4-2-8(14)3-5-9)12(16)10-6-7-11(19-10)13(17)18/h2-5,10-11H,6-7H2,1H3,(H,17,18)/t10-,11+/m0/s1. The lowest BCUT2D eigenvalue weighted by atomic mass is 10.1. The maximum atomic E-state index is 12.8. The fourth-order valence-electron chi connectivity index (χ4n) is 2.01. The van der Waals surface area contributed by atoms with Crippen LogP contribution in [0.3, 0.4) is 0 Å². The van der Waals surface area contributed by atoms with Crippen molar-refractivity contribution < 1.29 is 23.8 Å². The van der Waals surface area contributed by atoms with Gasteiger partial charge in [-0.05, 0) is 37.1 Å². The van der Waals surface area contributed by atoms with E-state index in [1.807, 2.05) is 0 Å². The Morgan fingerprint density at radius 1 is 1.26 bits per heavy atom. The van der Waals surface area contributed by atoms with Gasteiger partial charge < -0.3 is 14.7 Å². The Morgan fingerprint density at radius 2 is 1.84 bits per heavy atom. The molecular formula is C13H14FNO4. The molecular weight excluding hydrogens is 253 g/mol. The smallest absolute Gasteiger partial charge is 0.332 e. The van der Waals surface area contributed by atoms with Crippen LogP contribution in [0.15, 0.2) is 24.3 Å². The largest absolute Gasteiger partial charge is 0.479 e. The van der Waals surface area contributed by atoms with E-state index in [9.17, 15) is 14.0 Å². The van der Waals surface area contributed by atoms with Crippen LogP contribution in [0.1, 0.15) is 12.8 Å². The predicted molar refractivity (Wildman–Crippen MR) is 65.3 cm³/mol. The van der Waals surface area contributed by atoms with Gasteiger partial charge in [0.05, 0.1) is 0 Å². The summed E-state index contributed by atoms with van der Waals surface area (Å²) in [5.41, 5.74) is 0.536. The number of ether oxygens (including phenoxy) is 1. The highest BCUT2D eigenvalue weighted by Gasteiger charge is 2.36. The molecule has 0 aliphatic carbocycles. The van der Waals surface area contributed by atoms with E-state index in [-0.39, 0.29) is 11.7 Å². The first kappa shape index (κ1) is 13.5. The number of nitrogens with zero attached hydrogens (tertiary/aromatic N) is 1. The maximum Gasteiger partial charge on any atom is 0.332 e. The van der Waals surface area contributed by atoms with Crippen LogP contribution < -0.4 is 4.90 Å². The zero-order valence-corrected chi connectivity index (χ0v) is 10.4. The fourth-order valence-corrected chi connectivity index (χ4v) is 2.01.